The van der Waals surface area contributed by atoms with Gasteiger partial charge < -0.3 is 0 Å². The van der Waals surface area contributed by atoms with Gasteiger partial charge in [0.05, 0.1) is 0 Å². The number of aromatic nitrogens is 3. The third-order valence-corrected chi connectivity index (χ3v) is 4.81. The van der Waals surface area contributed by atoms with Crippen molar-refractivity contribution >= 4 is 0 Å². The molecule has 21 heavy (non-hydrogen) atoms. The molecule has 0 spiro atoms. The van der Waals surface area contributed by atoms with E-state index in [1.165, 1.54) is 44.3 Å². The zero-order valence-corrected chi connectivity index (χ0v) is 12.5. The average Bonchev–Trinajstić information content (AvgIpc) is 3.05. The monoisotopic (exact) mass is 282 g/mol. The predicted molar refractivity (Wildman–Crippen MR) is 83.0 cm³/mol. The summed E-state index contributed by atoms with van der Waals surface area (Å²) in [6.45, 7) is 4.77. The maximum absolute atomic E-state index is 4.62. The molecule has 1 aromatic heterocycles. The van der Waals surface area contributed by atoms with Crippen molar-refractivity contribution in [2.24, 2.45) is 0 Å². The molecule has 1 aromatic carbocycles. The van der Waals surface area contributed by atoms with Gasteiger partial charge in [-0.15, -0.1) is 0 Å². The number of hydrogen-bond donors (Lipinski definition) is 1. The largest absolute Gasteiger partial charge is 0.297 e. The molecule has 1 aliphatic heterocycles. The van der Waals surface area contributed by atoms with Crippen molar-refractivity contribution in [3.63, 3.8) is 0 Å². The number of nitrogens with zero attached hydrogens (tertiary/aromatic N) is 3. The lowest BCUT2D eigenvalue weighted by Gasteiger charge is -2.24. The summed E-state index contributed by atoms with van der Waals surface area (Å²) in [6.07, 6.45) is 5.18. The Kier molecular flexibility index (Phi) is 3.26. The van der Waals surface area contributed by atoms with Crippen LogP contribution in [0.3, 0.4) is 0 Å². The lowest BCUT2D eigenvalue weighted by Crippen LogP contribution is -2.23. The second-order valence-electron chi connectivity index (χ2n) is 6.36. The van der Waals surface area contributed by atoms with Gasteiger partial charge in [0.15, 0.2) is 5.82 Å². The third-order valence-electron chi connectivity index (χ3n) is 4.81. The van der Waals surface area contributed by atoms with E-state index in [9.17, 15) is 0 Å². The highest BCUT2D eigenvalue weighted by atomic mass is 15.2. The molecule has 2 aromatic rings. The number of nitrogens with one attached hydrogen (secondary N) is 1. The Morgan fingerprint density at radius 2 is 1.86 bits per heavy atom. The van der Waals surface area contributed by atoms with Gasteiger partial charge in [-0.2, -0.15) is 5.10 Å². The van der Waals surface area contributed by atoms with E-state index >= 15 is 0 Å². The zero-order chi connectivity index (χ0) is 14.2. The van der Waals surface area contributed by atoms with Crippen LogP contribution in [0.2, 0.25) is 0 Å². The highest BCUT2D eigenvalue weighted by Gasteiger charge is 2.27. The lowest BCUT2D eigenvalue weighted by molar-refractivity contribution is 0.263. The minimum atomic E-state index is 0.510. The van der Waals surface area contributed by atoms with Gasteiger partial charge in [-0.25, -0.2) is 4.98 Å². The summed E-state index contributed by atoms with van der Waals surface area (Å²) in [5.41, 5.74) is 2.49. The molecule has 0 unspecified atom stereocenters. The Labute approximate surface area is 125 Å². The first-order valence-corrected chi connectivity index (χ1v) is 8.08. The lowest BCUT2D eigenvalue weighted by atomic mass is 10.0. The van der Waals surface area contributed by atoms with Crippen LogP contribution in [0, 0.1) is 0 Å². The number of rotatable bonds is 4. The standard InChI is InChI=1S/C17H22N4/c1-12(21-10-2-3-11-21)13-4-6-14(7-5-13)16-18-17(20-19-16)15-8-9-15/h4-7,12,15H,2-3,8-11H2,1H3,(H,18,19,20)/t12-/m1/s1. The van der Waals surface area contributed by atoms with E-state index in [4.69, 9.17) is 0 Å². The molecule has 4 rings (SSSR count). The minimum absolute atomic E-state index is 0.510. The Balaban J connectivity index is 1.51. The molecular weight excluding hydrogens is 260 g/mol. The molecule has 2 heterocycles. The quantitative estimate of drug-likeness (QED) is 0.933. The van der Waals surface area contributed by atoms with Crippen molar-refractivity contribution in [3.8, 4) is 11.4 Å². The molecule has 4 heteroatoms. The number of H-pyrrole nitrogens is 1. The molecule has 1 atom stereocenters. The minimum Gasteiger partial charge on any atom is -0.297 e. The second kappa shape index (κ2) is 5.26. The van der Waals surface area contributed by atoms with Crippen LogP contribution < -0.4 is 0 Å². The van der Waals surface area contributed by atoms with Crippen LogP contribution in [0.1, 0.15) is 56.0 Å². The first-order chi connectivity index (χ1) is 10.3. The van der Waals surface area contributed by atoms with Crippen LogP contribution in [-0.2, 0) is 0 Å². The molecule has 2 aliphatic rings. The summed E-state index contributed by atoms with van der Waals surface area (Å²) in [5, 5.41) is 7.43. The van der Waals surface area contributed by atoms with Crippen LogP contribution in [0.25, 0.3) is 11.4 Å². The van der Waals surface area contributed by atoms with E-state index in [2.05, 4.69) is 51.3 Å². The Hall–Kier alpha value is -1.68. The van der Waals surface area contributed by atoms with Gasteiger partial charge in [-0.3, -0.25) is 10.00 Å². The van der Waals surface area contributed by atoms with Crippen molar-refractivity contribution in [1.82, 2.24) is 20.1 Å². The molecule has 2 fully saturated rings. The molecular formula is C17H22N4. The fraction of sp³-hybridized carbons (Fsp3) is 0.529. The molecule has 1 N–H and O–H groups in total. The zero-order valence-electron chi connectivity index (χ0n) is 12.5. The average molecular weight is 282 g/mol. The highest BCUT2D eigenvalue weighted by molar-refractivity contribution is 5.55. The van der Waals surface area contributed by atoms with Gasteiger partial charge in [-0.1, -0.05) is 24.3 Å². The Bertz CT molecular complexity index is 606. The van der Waals surface area contributed by atoms with Gasteiger partial charge in [-0.05, 0) is 51.3 Å². The molecule has 1 saturated heterocycles. The highest BCUT2D eigenvalue weighted by Crippen LogP contribution is 2.38. The summed E-state index contributed by atoms with van der Waals surface area (Å²) >= 11 is 0. The summed E-state index contributed by atoms with van der Waals surface area (Å²) < 4.78 is 0. The van der Waals surface area contributed by atoms with E-state index in [1.807, 2.05) is 0 Å². The topological polar surface area (TPSA) is 44.8 Å². The number of benzene rings is 1. The van der Waals surface area contributed by atoms with Crippen molar-refractivity contribution in [2.45, 2.75) is 44.6 Å². The van der Waals surface area contributed by atoms with Gasteiger partial charge >= 0.3 is 0 Å². The number of aromatic amines is 1. The van der Waals surface area contributed by atoms with Crippen molar-refractivity contribution in [1.29, 1.82) is 0 Å². The van der Waals surface area contributed by atoms with Gasteiger partial charge in [0.2, 0.25) is 0 Å². The molecule has 1 aliphatic carbocycles. The summed E-state index contributed by atoms with van der Waals surface area (Å²) in [6, 6.07) is 9.27. The summed E-state index contributed by atoms with van der Waals surface area (Å²) in [5.74, 6) is 2.51. The maximum atomic E-state index is 4.62. The van der Waals surface area contributed by atoms with Crippen molar-refractivity contribution in [3.05, 3.63) is 35.7 Å². The normalized spacial score (nSPS) is 20.8. The van der Waals surface area contributed by atoms with Crippen LogP contribution in [0.4, 0.5) is 0 Å². The molecule has 0 bridgehead atoms. The molecule has 110 valence electrons. The smallest absolute Gasteiger partial charge is 0.181 e. The Morgan fingerprint density at radius 1 is 1.14 bits per heavy atom. The Morgan fingerprint density at radius 3 is 2.52 bits per heavy atom. The molecule has 0 radical (unpaired) electrons. The van der Waals surface area contributed by atoms with Crippen molar-refractivity contribution in [2.75, 3.05) is 13.1 Å². The van der Waals surface area contributed by atoms with Gasteiger partial charge in [0, 0.05) is 17.5 Å². The van der Waals surface area contributed by atoms with E-state index in [0.29, 0.717) is 12.0 Å². The van der Waals surface area contributed by atoms with Gasteiger partial charge in [0.1, 0.15) is 5.82 Å². The third kappa shape index (κ3) is 2.60. The molecule has 4 nitrogen and oxygen atoms in total. The van der Waals surface area contributed by atoms with Gasteiger partial charge in [0.25, 0.3) is 0 Å². The van der Waals surface area contributed by atoms with Crippen LogP contribution >= 0.6 is 0 Å². The fourth-order valence-corrected chi connectivity index (χ4v) is 3.19. The molecule has 0 amide bonds. The number of hydrogen-bond acceptors (Lipinski definition) is 3. The summed E-state index contributed by atoms with van der Waals surface area (Å²) in [4.78, 5) is 7.18. The van der Waals surface area contributed by atoms with Crippen LogP contribution in [-0.4, -0.2) is 33.2 Å². The maximum Gasteiger partial charge on any atom is 0.181 e. The summed E-state index contributed by atoms with van der Waals surface area (Å²) in [7, 11) is 0. The van der Waals surface area contributed by atoms with E-state index < -0.39 is 0 Å². The van der Waals surface area contributed by atoms with E-state index in [1.54, 1.807) is 0 Å². The fourth-order valence-electron chi connectivity index (χ4n) is 3.19. The number of likely N-dealkylation sites (tertiary alicyclic amines) is 1. The van der Waals surface area contributed by atoms with Crippen molar-refractivity contribution < 1.29 is 0 Å². The predicted octanol–water partition coefficient (Wildman–Crippen LogP) is 3.51. The van der Waals surface area contributed by atoms with E-state index in [-0.39, 0.29) is 0 Å². The van der Waals surface area contributed by atoms with E-state index in [0.717, 1.165) is 17.2 Å². The first-order valence-electron chi connectivity index (χ1n) is 8.08. The SMILES string of the molecule is C[C@H](c1ccc(-c2n[nH]c(C3CC3)n2)cc1)N1CCCC1. The molecule has 1 saturated carbocycles. The van der Waals surface area contributed by atoms with Crippen LogP contribution in [0.5, 0.6) is 0 Å². The first kappa shape index (κ1) is 13.0. The van der Waals surface area contributed by atoms with Crippen LogP contribution in [0.15, 0.2) is 24.3 Å². The second-order valence-corrected chi connectivity index (χ2v) is 6.36.